The van der Waals surface area contributed by atoms with Crippen molar-refractivity contribution in [3.8, 4) is 6.07 Å². The van der Waals surface area contributed by atoms with Crippen LogP contribution in [-0.4, -0.2) is 12.7 Å². The highest BCUT2D eigenvalue weighted by Crippen LogP contribution is 2.45. The summed E-state index contributed by atoms with van der Waals surface area (Å²) < 4.78 is 5.89. The fourth-order valence-electron chi connectivity index (χ4n) is 5.54. The molecule has 3 rings (SSSR count). The van der Waals surface area contributed by atoms with Crippen molar-refractivity contribution in [2.45, 2.75) is 82.7 Å². The first-order valence-corrected chi connectivity index (χ1v) is 11.6. The highest BCUT2D eigenvalue weighted by Gasteiger charge is 2.37. The van der Waals surface area contributed by atoms with Gasteiger partial charge in [0.2, 0.25) is 0 Å². The van der Waals surface area contributed by atoms with E-state index in [4.69, 9.17) is 10.00 Å². The molecule has 0 atom stereocenters. The number of allylic oxidation sites excluding steroid dienone is 3. The van der Waals surface area contributed by atoms with Crippen LogP contribution in [0.2, 0.25) is 0 Å². The van der Waals surface area contributed by atoms with Crippen molar-refractivity contribution in [1.82, 2.24) is 0 Å². The summed E-state index contributed by atoms with van der Waals surface area (Å²) in [6, 6.07) is 11.5. The number of hydrogen-bond acceptors (Lipinski definition) is 2. The number of benzene rings is 1. The Balaban J connectivity index is 1.49. The molecule has 0 radical (unpaired) electrons. The molecule has 1 aromatic carbocycles. The molecule has 0 N–H and O–H groups in total. The van der Waals surface area contributed by atoms with Crippen LogP contribution in [0.5, 0.6) is 0 Å². The topological polar surface area (TPSA) is 33.0 Å². The van der Waals surface area contributed by atoms with Gasteiger partial charge in [-0.15, -0.1) is 0 Å². The van der Waals surface area contributed by atoms with Gasteiger partial charge in [-0.3, -0.25) is 0 Å². The Morgan fingerprint density at radius 3 is 2.24 bits per heavy atom. The van der Waals surface area contributed by atoms with Crippen molar-refractivity contribution in [3.63, 3.8) is 0 Å². The van der Waals surface area contributed by atoms with E-state index in [1.54, 1.807) is 5.56 Å². The van der Waals surface area contributed by atoms with Gasteiger partial charge in [-0.25, -0.2) is 0 Å². The minimum atomic E-state index is -0.131. The van der Waals surface area contributed by atoms with Crippen LogP contribution < -0.4 is 0 Å². The maximum atomic E-state index is 8.63. The summed E-state index contributed by atoms with van der Waals surface area (Å²) in [5, 5.41) is 8.63. The number of nitrogens with zero attached hydrogens (tertiary/aromatic N) is 1. The summed E-state index contributed by atoms with van der Waals surface area (Å²) in [6.45, 7) is 2.25. The number of ether oxygens (including phenoxy) is 1. The summed E-state index contributed by atoms with van der Waals surface area (Å²) >= 11 is 0. The average molecular weight is 392 g/mol. The lowest BCUT2D eigenvalue weighted by Crippen LogP contribution is -2.36. The van der Waals surface area contributed by atoms with Crippen LogP contribution in [0.4, 0.5) is 0 Å². The van der Waals surface area contributed by atoms with E-state index >= 15 is 0 Å². The highest BCUT2D eigenvalue weighted by atomic mass is 16.5. The Morgan fingerprint density at radius 1 is 1.00 bits per heavy atom. The molecule has 0 bridgehead atoms. The molecule has 0 saturated heterocycles. The van der Waals surface area contributed by atoms with Gasteiger partial charge in [0, 0.05) is 13.2 Å². The lowest BCUT2D eigenvalue weighted by molar-refractivity contribution is -0.0193. The molecule has 0 unspecified atom stereocenters. The third-order valence-corrected chi connectivity index (χ3v) is 7.39. The number of rotatable bonds is 7. The predicted molar refractivity (Wildman–Crippen MR) is 121 cm³/mol. The normalized spacial score (nSPS) is 30.6. The van der Waals surface area contributed by atoms with Gasteiger partial charge in [0.15, 0.2) is 0 Å². The zero-order valence-electron chi connectivity index (χ0n) is 18.3. The van der Waals surface area contributed by atoms with E-state index in [0.29, 0.717) is 0 Å². The largest absolute Gasteiger partial charge is 0.374 e. The van der Waals surface area contributed by atoms with Crippen LogP contribution in [0.15, 0.2) is 48.6 Å². The van der Waals surface area contributed by atoms with Gasteiger partial charge in [-0.1, -0.05) is 55.8 Å². The quantitative estimate of drug-likeness (QED) is 0.366. The molecular formula is C27H37NO. The number of hydrogen-bond donors (Lipinski definition) is 0. The number of aryl methyl sites for hydroxylation is 1. The van der Waals surface area contributed by atoms with E-state index in [-0.39, 0.29) is 5.60 Å². The molecule has 0 aliphatic heterocycles. The Kier molecular flexibility index (Phi) is 8.13. The zero-order chi connectivity index (χ0) is 20.5. The van der Waals surface area contributed by atoms with Crippen molar-refractivity contribution in [2.75, 3.05) is 7.11 Å². The molecule has 2 heteroatoms. The van der Waals surface area contributed by atoms with Gasteiger partial charge in [-0.2, -0.15) is 5.26 Å². The highest BCUT2D eigenvalue weighted by molar-refractivity contribution is 5.26. The van der Waals surface area contributed by atoms with Crippen molar-refractivity contribution in [1.29, 1.82) is 5.26 Å². The molecule has 2 aliphatic rings. The Morgan fingerprint density at radius 2 is 1.66 bits per heavy atom. The Labute approximate surface area is 177 Å². The number of nitriles is 1. The average Bonchev–Trinajstić information content (AvgIpc) is 2.78. The van der Waals surface area contributed by atoms with Crippen molar-refractivity contribution < 1.29 is 4.74 Å². The zero-order valence-corrected chi connectivity index (χ0v) is 18.3. The maximum Gasteiger partial charge on any atom is 0.0912 e. The molecule has 2 fully saturated rings. The van der Waals surface area contributed by atoms with E-state index in [2.05, 4.69) is 37.3 Å². The van der Waals surface area contributed by atoms with E-state index < -0.39 is 0 Å². The summed E-state index contributed by atoms with van der Waals surface area (Å²) in [5.74, 6) is 2.51. The minimum absolute atomic E-state index is 0.131. The van der Waals surface area contributed by atoms with Crippen LogP contribution >= 0.6 is 0 Å². The summed E-state index contributed by atoms with van der Waals surface area (Å²) in [4.78, 5) is 0. The molecule has 29 heavy (non-hydrogen) atoms. The molecule has 156 valence electrons. The van der Waals surface area contributed by atoms with Crippen LogP contribution in [0.25, 0.3) is 0 Å². The Bertz CT molecular complexity index is 708. The first kappa shape index (κ1) is 21.8. The van der Waals surface area contributed by atoms with E-state index in [1.165, 1.54) is 63.0 Å². The lowest BCUT2D eigenvalue weighted by atomic mass is 9.67. The molecule has 0 spiro atoms. The lowest BCUT2D eigenvalue weighted by Gasteiger charge is -2.42. The number of methoxy groups -OCH3 is 1. The van der Waals surface area contributed by atoms with E-state index in [1.807, 2.05) is 25.3 Å². The predicted octanol–water partition coefficient (Wildman–Crippen LogP) is 7.12. The summed E-state index contributed by atoms with van der Waals surface area (Å²) in [7, 11) is 1.83. The molecule has 0 heterocycles. The van der Waals surface area contributed by atoms with Gasteiger partial charge in [0.25, 0.3) is 0 Å². The van der Waals surface area contributed by atoms with Gasteiger partial charge in [-0.05, 0) is 86.7 Å². The second kappa shape index (κ2) is 10.8. The van der Waals surface area contributed by atoms with Crippen molar-refractivity contribution in [3.05, 3.63) is 59.7 Å². The summed E-state index contributed by atoms with van der Waals surface area (Å²) in [5.41, 5.74) is 2.90. The molecule has 0 aromatic heterocycles. The first-order valence-electron chi connectivity index (χ1n) is 11.6. The van der Waals surface area contributed by atoms with Crippen LogP contribution in [0, 0.1) is 23.2 Å². The monoisotopic (exact) mass is 391 g/mol. The third kappa shape index (κ3) is 5.83. The second-order valence-corrected chi connectivity index (χ2v) is 9.06. The van der Waals surface area contributed by atoms with Crippen molar-refractivity contribution in [2.24, 2.45) is 11.8 Å². The van der Waals surface area contributed by atoms with Crippen LogP contribution in [0.1, 0.15) is 81.8 Å². The van der Waals surface area contributed by atoms with Gasteiger partial charge in [0.1, 0.15) is 0 Å². The fourth-order valence-corrected chi connectivity index (χ4v) is 5.54. The smallest absolute Gasteiger partial charge is 0.0912 e. The molecule has 1 aromatic rings. The third-order valence-electron chi connectivity index (χ3n) is 7.39. The maximum absolute atomic E-state index is 8.63. The Hall–Kier alpha value is -1.85. The minimum Gasteiger partial charge on any atom is -0.374 e. The standard InChI is InChI=1S/C27H37NO/c1-3-7-22-8-10-23(11-9-22)24-12-14-25(15-13-24)26-16-19-27(29-2,20-17-26)18-5-4-6-21-28/h4-6,8-11,18,24-26H,3,7,12-17,19-20H2,1-2H3. The second-order valence-electron chi connectivity index (χ2n) is 9.06. The van der Waals surface area contributed by atoms with Crippen LogP contribution in [-0.2, 0) is 11.2 Å². The van der Waals surface area contributed by atoms with Crippen molar-refractivity contribution >= 4 is 0 Å². The molecule has 2 aliphatic carbocycles. The fraction of sp³-hybridized carbons (Fsp3) is 0.593. The van der Waals surface area contributed by atoms with Crippen LogP contribution in [0.3, 0.4) is 0 Å². The SMILES string of the molecule is CCCc1ccc(C2CCC(C3CCC(C=CC=CC#N)(OC)CC3)CC2)cc1. The van der Waals surface area contributed by atoms with Gasteiger partial charge >= 0.3 is 0 Å². The summed E-state index contributed by atoms with van der Waals surface area (Å²) in [6.07, 6.45) is 20.1. The molecule has 2 nitrogen and oxygen atoms in total. The molecule has 2 saturated carbocycles. The molecular weight excluding hydrogens is 354 g/mol. The van der Waals surface area contributed by atoms with Gasteiger partial charge in [0.05, 0.1) is 11.7 Å². The van der Waals surface area contributed by atoms with E-state index in [0.717, 1.165) is 30.6 Å². The van der Waals surface area contributed by atoms with Gasteiger partial charge < -0.3 is 4.74 Å². The first-order chi connectivity index (χ1) is 14.2. The molecule has 0 amide bonds. The van der Waals surface area contributed by atoms with E-state index in [9.17, 15) is 0 Å².